The van der Waals surface area contributed by atoms with Gasteiger partial charge in [-0.15, -0.1) is 11.3 Å². The maximum atomic E-state index is 12.3. The molecule has 0 atom stereocenters. The van der Waals surface area contributed by atoms with Crippen molar-refractivity contribution in [2.24, 2.45) is 0 Å². The average molecular weight is 411 g/mol. The second kappa shape index (κ2) is 8.99. The Kier molecular flexibility index (Phi) is 6.44. The first kappa shape index (κ1) is 20.0. The van der Waals surface area contributed by atoms with Gasteiger partial charge >= 0.3 is 5.97 Å². The highest BCUT2D eigenvalue weighted by Crippen LogP contribution is 2.36. The van der Waals surface area contributed by atoms with Crippen LogP contribution in [0.1, 0.15) is 28.4 Å². The van der Waals surface area contributed by atoms with Crippen LogP contribution < -0.4 is 10.6 Å². The quantitative estimate of drug-likeness (QED) is 0.406. The number of nitrogens with one attached hydrogen (secondary N) is 2. The number of thiocarbonyl (C=S) groups is 1. The lowest BCUT2D eigenvalue weighted by atomic mass is 10.1. The highest BCUT2D eigenvalue weighted by molar-refractivity contribution is 7.80. The van der Waals surface area contributed by atoms with Crippen molar-refractivity contribution in [2.75, 3.05) is 17.7 Å². The summed E-state index contributed by atoms with van der Waals surface area (Å²) < 4.78 is 4.95. The number of benzene rings is 2. The summed E-state index contributed by atoms with van der Waals surface area (Å²) in [5, 5.41) is 7.57. The second-order valence-electron chi connectivity index (χ2n) is 6.25. The van der Waals surface area contributed by atoms with Gasteiger partial charge in [0, 0.05) is 10.6 Å². The number of hydrogen-bond acceptors (Lipinski definition) is 4. The SMILES string of the molecule is CCc1cccc(C)c1NC(=S)Nc1sc(-c2ccccc2)cc1C(=O)OC. The van der Waals surface area contributed by atoms with Gasteiger partial charge in [-0.25, -0.2) is 4.79 Å². The fourth-order valence-electron chi connectivity index (χ4n) is 2.94. The van der Waals surface area contributed by atoms with E-state index in [4.69, 9.17) is 17.0 Å². The summed E-state index contributed by atoms with van der Waals surface area (Å²) in [4.78, 5) is 13.2. The summed E-state index contributed by atoms with van der Waals surface area (Å²) in [5.41, 5.74) is 4.82. The van der Waals surface area contributed by atoms with E-state index in [2.05, 4.69) is 23.6 Å². The molecule has 3 rings (SSSR count). The van der Waals surface area contributed by atoms with Crippen LogP contribution in [0.25, 0.3) is 10.4 Å². The molecule has 2 N–H and O–H groups in total. The summed E-state index contributed by atoms with van der Waals surface area (Å²) in [6.45, 7) is 4.15. The molecule has 4 nitrogen and oxygen atoms in total. The Labute approximate surface area is 174 Å². The number of carbonyl (C=O) groups excluding carboxylic acids is 1. The van der Waals surface area contributed by atoms with Crippen LogP contribution in [0.15, 0.2) is 54.6 Å². The first-order valence-electron chi connectivity index (χ1n) is 8.97. The highest BCUT2D eigenvalue weighted by Gasteiger charge is 2.19. The van der Waals surface area contributed by atoms with E-state index in [1.807, 2.05) is 55.5 Å². The predicted molar refractivity (Wildman–Crippen MR) is 121 cm³/mol. The van der Waals surface area contributed by atoms with Crippen LogP contribution in [0.3, 0.4) is 0 Å². The standard InChI is InChI=1S/C22H22N2O2S2/c1-4-15-12-8-9-14(2)19(15)23-22(27)24-20-17(21(25)26-3)13-18(28-20)16-10-6-5-7-11-16/h5-13H,4H2,1-3H3,(H2,23,24,27). The lowest BCUT2D eigenvalue weighted by Crippen LogP contribution is -2.21. The van der Waals surface area contributed by atoms with E-state index in [9.17, 15) is 4.79 Å². The van der Waals surface area contributed by atoms with Gasteiger partial charge in [0.15, 0.2) is 5.11 Å². The Morgan fingerprint density at radius 1 is 1.11 bits per heavy atom. The molecule has 0 amide bonds. The zero-order valence-corrected chi connectivity index (χ0v) is 17.7. The number of anilines is 2. The number of ether oxygens (including phenoxy) is 1. The Balaban J connectivity index is 1.88. The molecular formula is C22H22N2O2S2. The molecule has 0 radical (unpaired) electrons. The molecule has 0 fully saturated rings. The lowest BCUT2D eigenvalue weighted by molar-refractivity contribution is 0.0602. The Hall–Kier alpha value is -2.70. The third-order valence-electron chi connectivity index (χ3n) is 4.40. The Morgan fingerprint density at radius 3 is 2.54 bits per heavy atom. The summed E-state index contributed by atoms with van der Waals surface area (Å²) in [6, 6.07) is 17.9. The van der Waals surface area contributed by atoms with Crippen molar-refractivity contribution >= 4 is 45.3 Å². The van der Waals surface area contributed by atoms with Crippen LogP contribution >= 0.6 is 23.6 Å². The van der Waals surface area contributed by atoms with Crippen molar-refractivity contribution in [3.05, 3.63) is 71.3 Å². The van der Waals surface area contributed by atoms with E-state index in [-0.39, 0.29) is 0 Å². The van der Waals surface area contributed by atoms with Crippen molar-refractivity contribution in [1.29, 1.82) is 0 Å². The van der Waals surface area contributed by atoms with Crippen LogP contribution in [-0.4, -0.2) is 18.2 Å². The minimum Gasteiger partial charge on any atom is -0.465 e. The number of rotatable bonds is 5. The maximum absolute atomic E-state index is 12.3. The summed E-state index contributed by atoms with van der Waals surface area (Å²) >= 11 is 7.00. The molecular weight excluding hydrogens is 388 g/mol. The zero-order valence-electron chi connectivity index (χ0n) is 16.0. The predicted octanol–water partition coefficient (Wildman–Crippen LogP) is 5.88. The van der Waals surface area contributed by atoms with Gasteiger partial charge in [0.2, 0.25) is 0 Å². The van der Waals surface area contributed by atoms with Gasteiger partial charge in [0.05, 0.1) is 12.7 Å². The molecule has 144 valence electrons. The molecule has 1 heterocycles. The van der Waals surface area contributed by atoms with Crippen molar-refractivity contribution in [3.63, 3.8) is 0 Å². The average Bonchev–Trinajstić information content (AvgIpc) is 3.13. The van der Waals surface area contributed by atoms with Gasteiger partial charge in [-0.1, -0.05) is 55.5 Å². The van der Waals surface area contributed by atoms with Crippen LogP contribution in [0.5, 0.6) is 0 Å². The van der Waals surface area contributed by atoms with E-state index in [0.29, 0.717) is 15.7 Å². The van der Waals surface area contributed by atoms with E-state index in [1.54, 1.807) is 0 Å². The van der Waals surface area contributed by atoms with E-state index in [1.165, 1.54) is 24.0 Å². The second-order valence-corrected chi connectivity index (χ2v) is 7.71. The number of aryl methyl sites for hydroxylation is 2. The molecule has 0 aliphatic heterocycles. The first-order chi connectivity index (χ1) is 13.5. The molecule has 0 saturated heterocycles. The van der Waals surface area contributed by atoms with Gasteiger partial charge in [0.25, 0.3) is 0 Å². The zero-order chi connectivity index (χ0) is 20.1. The smallest absolute Gasteiger partial charge is 0.340 e. The first-order valence-corrected chi connectivity index (χ1v) is 10.2. The molecule has 0 bridgehead atoms. The van der Waals surface area contributed by atoms with Gasteiger partial charge in [-0.2, -0.15) is 0 Å². The fraction of sp³-hybridized carbons (Fsp3) is 0.182. The van der Waals surface area contributed by atoms with E-state index < -0.39 is 5.97 Å². The molecule has 0 saturated carbocycles. The molecule has 3 aromatic rings. The van der Waals surface area contributed by atoms with Crippen LogP contribution in [0.2, 0.25) is 0 Å². The number of carbonyl (C=O) groups is 1. The van der Waals surface area contributed by atoms with Crippen molar-refractivity contribution < 1.29 is 9.53 Å². The largest absolute Gasteiger partial charge is 0.465 e. The molecule has 1 aromatic heterocycles. The number of hydrogen-bond donors (Lipinski definition) is 2. The maximum Gasteiger partial charge on any atom is 0.340 e. The fourth-order valence-corrected chi connectivity index (χ4v) is 4.26. The van der Waals surface area contributed by atoms with E-state index >= 15 is 0 Å². The highest BCUT2D eigenvalue weighted by atomic mass is 32.1. The topological polar surface area (TPSA) is 50.4 Å². The van der Waals surface area contributed by atoms with Crippen molar-refractivity contribution in [1.82, 2.24) is 0 Å². The molecule has 28 heavy (non-hydrogen) atoms. The van der Waals surface area contributed by atoms with Gasteiger partial charge in [0.1, 0.15) is 5.00 Å². The minimum absolute atomic E-state index is 0.395. The van der Waals surface area contributed by atoms with Crippen LogP contribution in [-0.2, 0) is 11.2 Å². The van der Waals surface area contributed by atoms with Gasteiger partial charge in [-0.05, 0) is 48.3 Å². The number of para-hydroxylation sites is 1. The molecule has 0 aliphatic carbocycles. The number of methoxy groups -OCH3 is 1. The van der Waals surface area contributed by atoms with Crippen LogP contribution in [0.4, 0.5) is 10.7 Å². The Morgan fingerprint density at radius 2 is 1.86 bits per heavy atom. The number of esters is 1. The van der Waals surface area contributed by atoms with Crippen molar-refractivity contribution in [3.8, 4) is 10.4 Å². The summed E-state index contributed by atoms with van der Waals surface area (Å²) in [7, 11) is 1.38. The molecule has 0 spiro atoms. The van der Waals surface area contributed by atoms with Gasteiger partial charge in [-0.3, -0.25) is 0 Å². The lowest BCUT2D eigenvalue weighted by Gasteiger charge is -2.15. The molecule has 0 unspecified atom stereocenters. The molecule has 2 aromatic carbocycles. The van der Waals surface area contributed by atoms with Crippen LogP contribution in [0, 0.1) is 6.92 Å². The Bertz CT molecular complexity index is 997. The molecule has 0 aliphatic rings. The minimum atomic E-state index is -0.395. The monoisotopic (exact) mass is 410 g/mol. The third kappa shape index (κ3) is 4.40. The van der Waals surface area contributed by atoms with Gasteiger partial charge < -0.3 is 15.4 Å². The number of thiophene rings is 1. The van der Waals surface area contributed by atoms with Crippen molar-refractivity contribution in [2.45, 2.75) is 20.3 Å². The molecule has 6 heteroatoms. The summed E-state index contributed by atoms with van der Waals surface area (Å²) in [5.74, 6) is -0.395. The van der Waals surface area contributed by atoms with E-state index in [0.717, 1.165) is 28.1 Å². The normalized spacial score (nSPS) is 10.4. The third-order valence-corrected chi connectivity index (χ3v) is 5.70. The summed E-state index contributed by atoms with van der Waals surface area (Å²) in [6.07, 6.45) is 0.900.